The summed E-state index contributed by atoms with van der Waals surface area (Å²) < 4.78 is 5.27. The highest BCUT2D eigenvalue weighted by molar-refractivity contribution is 14.0. The van der Waals surface area contributed by atoms with Gasteiger partial charge in [-0.2, -0.15) is 0 Å². The molecule has 1 aromatic rings. The summed E-state index contributed by atoms with van der Waals surface area (Å²) in [6.07, 6.45) is 5.17. The predicted octanol–water partition coefficient (Wildman–Crippen LogP) is 3.55. The first-order chi connectivity index (χ1) is 12.7. The molecular formula is C21H35IN4O. The van der Waals surface area contributed by atoms with Gasteiger partial charge in [0.2, 0.25) is 0 Å². The number of aliphatic imine (C=N–C) groups is 1. The summed E-state index contributed by atoms with van der Waals surface area (Å²) >= 11 is 0. The largest absolute Gasteiger partial charge is 0.497 e. The van der Waals surface area contributed by atoms with E-state index in [1.165, 1.54) is 37.8 Å². The van der Waals surface area contributed by atoms with E-state index in [-0.39, 0.29) is 24.0 Å². The van der Waals surface area contributed by atoms with E-state index in [0.717, 1.165) is 37.9 Å². The third-order valence-electron chi connectivity index (χ3n) is 5.94. The van der Waals surface area contributed by atoms with E-state index in [9.17, 15) is 0 Å². The second kappa shape index (κ2) is 11.1. The van der Waals surface area contributed by atoms with Crippen LogP contribution in [0.3, 0.4) is 0 Å². The molecule has 2 fully saturated rings. The van der Waals surface area contributed by atoms with Gasteiger partial charge in [0.05, 0.1) is 7.11 Å². The highest BCUT2D eigenvalue weighted by Gasteiger charge is 2.27. The normalized spacial score (nSPS) is 23.8. The Morgan fingerprint density at radius 2 is 1.96 bits per heavy atom. The summed E-state index contributed by atoms with van der Waals surface area (Å²) in [5, 5.41) is 3.65. The average molecular weight is 486 g/mol. The topological polar surface area (TPSA) is 40.1 Å². The van der Waals surface area contributed by atoms with Gasteiger partial charge < -0.3 is 15.0 Å². The molecule has 0 spiro atoms. The van der Waals surface area contributed by atoms with Gasteiger partial charge in [0.25, 0.3) is 0 Å². The number of nitrogens with one attached hydrogen (secondary N) is 1. The number of hydrogen-bond donors (Lipinski definition) is 1. The van der Waals surface area contributed by atoms with Crippen LogP contribution in [0.5, 0.6) is 5.75 Å². The summed E-state index contributed by atoms with van der Waals surface area (Å²) in [6, 6.07) is 9.17. The Hall–Kier alpha value is -1.02. The fourth-order valence-corrected chi connectivity index (χ4v) is 4.35. The molecule has 0 saturated carbocycles. The molecule has 3 rings (SSSR count). The lowest BCUT2D eigenvalue weighted by atomic mass is 9.98. The van der Waals surface area contributed by atoms with E-state index < -0.39 is 0 Å². The number of halogens is 1. The number of likely N-dealkylation sites (N-methyl/N-ethyl adjacent to an activating group) is 1. The van der Waals surface area contributed by atoms with Crippen LogP contribution in [0.1, 0.15) is 44.1 Å². The molecule has 27 heavy (non-hydrogen) atoms. The Bertz CT molecular complexity index is 592. The van der Waals surface area contributed by atoms with Crippen LogP contribution in [0.4, 0.5) is 0 Å². The molecule has 2 unspecified atom stereocenters. The van der Waals surface area contributed by atoms with E-state index in [2.05, 4.69) is 51.3 Å². The molecule has 2 aliphatic heterocycles. The molecule has 0 bridgehead atoms. The van der Waals surface area contributed by atoms with E-state index in [0.29, 0.717) is 12.0 Å². The molecule has 0 aromatic heterocycles. The molecule has 2 saturated heterocycles. The fourth-order valence-electron chi connectivity index (χ4n) is 4.35. The molecule has 0 radical (unpaired) electrons. The Morgan fingerprint density at radius 1 is 1.19 bits per heavy atom. The van der Waals surface area contributed by atoms with Gasteiger partial charge in [-0.3, -0.25) is 9.89 Å². The smallest absolute Gasteiger partial charge is 0.193 e. The van der Waals surface area contributed by atoms with Crippen LogP contribution in [0.2, 0.25) is 0 Å². The second-order valence-electron chi connectivity index (χ2n) is 7.41. The van der Waals surface area contributed by atoms with Gasteiger partial charge in [0.15, 0.2) is 5.96 Å². The van der Waals surface area contributed by atoms with Crippen molar-refractivity contribution < 1.29 is 4.74 Å². The van der Waals surface area contributed by atoms with Gasteiger partial charge in [0.1, 0.15) is 5.75 Å². The quantitative estimate of drug-likeness (QED) is 0.393. The van der Waals surface area contributed by atoms with Gasteiger partial charge in [-0.15, -0.1) is 24.0 Å². The maximum absolute atomic E-state index is 5.27. The SMILES string of the molecule is CCN1CCCCC1CNC(=NC)N1CCC(c2ccc(OC)cc2)C1.I. The number of methoxy groups -OCH3 is 1. The summed E-state index contributed by atoms with van der Waals surface area (Å²) in [4.78, 5) is 9.57. The van der Waals surface area contributed by atoms with Crippen molar-refractivity contribution in [1.29, 1.82) is 0 Å². The van der Waals surface area contributed by atoms with Gasteiger partial charge >= 0.3 is 0 Å². The van der Waals surface area contributed by atoms with E-state index >= 15 is 0 Å². The minimum absolute atomic E-state index is 0. The number of nitrogens with zero attached hydrogens (tertiary/aromatic N) is 3. The molecule has 5 nitrogen and oxygen atoms in total. The Balaban J connectivity index is 0.00000261. The van der Waals surface area contributed by atoms with E-state index in [1.54, 1.807) is 7.11 Å². The lowest BCUT2D eigenvalue weighted by molar-refractivity contribution is 0.157. The molecule has 6 heteroatoms. The van der Waals surface area contributed by atoms with Crippen molar-refractivity contribution in [2.75, 3.05) is 46.9 Å². The third-order valence-corrected chi connectivity index (χ3v) is 5.94. The number of ether oxygens (including phenoxy) is 1. The van der Waals surface area contributed by atoms with Crippen molar-refractivity contribution in [1.82, 2.24) is 15.1 Å². The Kier molecular flexibility index (Phi) is 9.15. The van der Waals surface area contributed by atoms with Crippen LogP contribution in [0, 0.1) is 0 Å². The predicted molar refractivity (Wildman–Crippen MR) is 124 cm³/mol. The maximum atomic E-state index is 5.27. The molecule has 1 N–H and O–H groups in total. The van der Waals surface area contributed by atoms with Crippen molar-refractivity contribution >= 4 is 29.9 Å². The van der Waals surface area contributed by atoms with Crippen LogP contribution in [0.15, 0.2) is 29.3 Å². The molecular weight excluding hydrogens is 451 g/mol. The fraction of sp³-hybridized carbons (Fsp3) is 0.667. The summed E-state index contributed by atoms with van der Waals surface area (Å²) in [5.74, 6) is 2.55. The Morgan fingerprint density at radius 3 is 2.63 bits per heavy atom. The third kappa shape index (κ3) is 5.73. The van der Waals surface area contributed by atoms with E-state index in [4.69, 9.17) is 4.74 Å². The Labute approximate surface area is 181 Å². The standard InChI is InChI=1S/C21H34N4O.HI/c1-4-24-13-6-5-7-19(24)15-23-21(22-2)25-14-12-18(16-25)17-8-10-20(26-3)11-9-17;/h8-11,18-19H,4-7,12-16H2,1-3H3,(H,22,23);1H. The van der Waals surface area contributed by atoms with Gasteiger partial charge in [-0.1, -0.05) is 25.5 Å². The van der Waals surface area contributed by atoms with Crippen LogP contribution in [-0.4, -0.2) is 68.7 Å². The second-order valence-corrected chi connectivity index (χ2v) is 7.41. The molecule has 152 valence electrons. The number of hydrogen-bond acceptors (Lipinski definition) is 3. The zero-order valence-corrected chi connectivity index (χ0v) is 19.3. The zero-order chi connectivity index (χ0) is 18.4. The minimum atomic E-state index is 0. The number of benzene rings is 1. The highest BCUT2D eigenvalue weighted by atomic mass is 127. The van der Waals surface area contributed by atoms with Crippen molar-refractivity contribution in [3.8, 4) is 5.75 Å². The monoisotopic (exact) mass is 486 g/mol. The van der Waals surface area contributed by atoms with Gasteiger partial charge in [0, 0.05) is 38.6 Å². The van der Waals surface area contributed by atoms with Crippen LogP contribution in [0.25, 0.3) is 0 Å². The number of piperidine rings is 1. The number of rotatable bonds is 5. The summed E-state index contributed by atoms with van der Waals surface area (Å²) in [6.45, 7) is 7.77. The van der Waals surface area contributed by atoms with Crippen LogP contribution < -0.4 is 10.1 Å². The molecule has 2 aliphatic rings. The minimum Gasteiger partial charge on any atom is -0.497 e. The lowest BCUT2D eigenvalue weighted by Gasteiger charge is -2.35. The number of guanidine groups is 1. The molecule has 0 aliphatic carbocycles. The molecule has 2 heterocycles. The summed E-state index contributed by atoms with van der Waals surface area (Å²) in [5.41, 5.74) is 1.40. The first-order valence-electron chi connectivity index (χ1n) is 10.1. The number of likely N-dealkylation sites (tertiary alicyclic amines) is 2. The lowest BCUT2D eigenvalue weighted by Crippen LogP contribution is -2.49. The van der Waals surface area contributed by atoms with Crippen LogP contribution >= 0.6 is 24.0 Å². The van der Waals surface area contributed by atoms with Crippen molar-refractivity contribution in [2.24, 2.45) is 4.99 Å². The highest BCUT2D eigenvalue weighted by Crippen LogP contribution is 2.28. The van der Waals surface area contributed by atoms with E-state index in [1.807, 2.05) is 7.05 Å². The summed E-state index contributed by atoms with van der Waals surface area (Å²) in [7, 11) is 3.62. The maximum Gasteiger partial charge on any atom is 0.193 e. The van der Waals surface area contributed by atoms with Gasteiger partial charge in [-0.25, -0.2) is 0 Å². The average Bonchev–Trinajstić information content (AvgIpc) is 3.19. The molecule has 0 amide bonds. The molecule has 2 atom stereocenters. The molecule has 1 aromatic carbocycles. The van der Waals surface area contributed by atoms with Gasteiger partial charge in [-0.05, 0) is 50.0 Å². The first-order valence-corrected chi connectivity index (χ1v) is 10.1. The first kappa shape index (κ1) is 22.3. The van der Waals surface area contributed by atoms with Crippen molar-refractivity contribution in [3.05, 3.63) is 29.8 Å². The van der Waals surface area contributed by atoms with Crippen molar-refractivity contribution in [3.63, 3.8) is 0 Å². The zero-order valence-electron chi connectivity index (χ0n) is 17.0. The van der Waals surface area contributed by atoms with Crippen LogP contribution in [-0.2, 0) is 0 Å². The van der Waals surface area contributed by atoms with Crippen molar-refractivity contribution in [2.45, 2.75) is 44.6 Å².